The van der Waals surface area contributed by atoms with Crippen LogP contribution in [0, 0.1) is 11.4 Å². The molecule has 0 saturated carbocycles. The number of nitrogens with zero attached hydrogens (tertiary/aromatic N) is 2. The number of carbonyl (C=O) groups excluding carboxylic acids is 2. The number of hydrogen-bond acceptors (Lipinski definition) is 4. The van der Waals surface area contributed by atoms with Gasteiger partial charge in [-0.2, -0.15) is 10.5 Å². The van der Waals surface area contributed by atoms with Crippen molar-refractivity contribution in [1.29, 1.82) is 5.53 Å². The normalized spacial score (nSPS) is 9.10. The molecule has 2 amide bonds. The third kappa shape index (κ3) is 1.93. The average molecular weight is 143 g/mol. The lowest BCUT2D eigenvalue weighted by Crippen LogP contribution is -2.27. The van der Waals surface area contributed by atoms with Crippen molar-refractivity contribution < 1.29 is 9.59 Å². The topological polar surface area (TPSA) is 73.6 Å². The van der Waals surface area contributed by atoms with Crippen molar-refractivity contribution in [2.75, 3.05) is 0 Å². The van der Waals surface area contributed by atoms with E-state index in [0.29, 0.717) is 5.01 Å². The Labute approximate surface area is 58.5 Å². The first-order valence-electron chi connectivity index (χ1n) is 2.79. The van der Waals surface area contributed by atoms with E-state index >= 15 is 0 Å². The summed E-state index contributed by atoms with van der Waals surface area (Å²) in [6.07, 6.45) is 0.218. The maximum atomic E-state index is 10.8. The Morgan fingerprint density at radius 3 is 2.30 bits per heavy atom. The Morgan fingerprint density at radius 1 is 1.70 bits per heavy atom. The molecule has 0 rings (SSSR count). The van der Waals surface area contributed by atoms with Gasteiger partial charge in [0.15, 0.2) is 0 Å². The van der Waals surface area contributed by atoms with Gasteiger partial charge in [-0.1, -0.05) is 19.1 Å². The van der Waals surface area contributed by atoms with Crippen LogP contribution >= 0.6 is 0 Å². The van der Waals surface area contributed by atoms with E-state index in [1.807, 2.05) is 0 Å². The molecule has 0 atom stereocenters. The molecule has 0 saturated heterocycles. The number of rotatable bonds is 3. The highest BCUT2D eigenvalue weighted by Gasteiger charge is 2.14. The summed E-state index contributed by atoms with van der Waals surface area (Å²) in [7, 11) is 0. The van der Waals surface area contributed by atoms with E-state index in [1.165, 1.54) is 0 Å². The molecule has 0 aromatic carbocycles. The van der Waals surface area contributed by atoms with E-state index in [-0.39, 0.29) is 12.3 Å². The van der Waals surface area contributed by atoms with E-state index in [9.17, 15) is 9.59 Å². The predicted molar refractivity (Wildman–Crippen MR) is 32.9 cm³/mol. The zero-order chi connectivity index (χ0) is 8.15. The first-order valence-corrected chi connectivity index (χ1v) is 2.79. The summed E-state index contributed by atoms with van der Waals surface area (Å²) in [6, 6.07) is 0. The van der Waals surface area contributed by atoms with Crippen molar-refractivity contribution in [2.24, 2.45) is 11.1 Å². The van der Waals surface area contributed by atoms with E-state index in [0.717, 1.165) is 0 Å². The van der Waals surface area contributed by atoms with Crippen LogP contribution in [0.1, 0.15) is 13.8 Å². The van der Waals surface area contributed by atoms with Crippen LogP contribution in [-0.4, -0.2) is 17.3 Å². The van der Waals surface area contributed by atoms with Gasteiger partial charge < -0.3 is 0 Å². The van der Waals surface area contributed by atoms with Crippen molar-refractivity contribution in [2.45, 2.75) is 13.8 Å². The molecule has 0 aliphatic carbocycles. The molecule has 0 aliphatic rings. The molecular formula is C5H9N3O2. The van der Waals surface area contributed by atoms with Crippen molar-refractivity contribution in [3.63, 3.8) is 0 Å². The van der Waals surface area contributed by atoms with E-state index in [1.54, 1.807) is 13.8 Å². The van der Waals surface area contributed by atoms with E-state index in [2.05, 4.69) is 5.22 Å². The minimum absolute atomic E-state index is 0.218. The van der Waals surface area contributed by atoms with Crippen LogP contribution < -0.4 is 0 Å². The van der Waals surface area contributed by atoms with Crippen LogP contribution in [0.3, 0.4) is 0 Å². The standard InChI is InChI=1S/C5H9N3O2/c1-4(2)5(10)8(3-9)7-6/h3-4,6H,1-2H3. The Hall–Kier alpha value is -1.26. The zero-order valence-electron chi connectivity index (χ0n) is 5.87. The molecule has 56 valence electrons. The fourth-order valence-electron chi connectivity index (χ4n) is 0.389. The van der Waals surface area contributed by atoms with Gasteiger partial charge in [0.25, 0.3) is 5.91 Å². The number of hydrogen-bond donors (Lipinski definition) is 1. The molecule has 0 radical (unpaired) electrons. The minimum Gasteiger partial charge on any atom is -0.276 e. The third-order valence-corrected chi connectivity index (χ3v) is 0.927. The van der Waals surface area contributed by atoms with Crippen LogP contribution in [0.5, 0.6) is 0 Å². The molecule has 10 heavy (non-hydrogen) atoms. The van der Waals surface area contributed by atoms with Gasteiger partial charge in [-0.05, 0) is 0 Å². The summed E-state index contributed by atoms with van der Waals surface area (Å²) in [4.78, 5) is 20.8. The van der Waals surface area contributed by atoms with Gasteiger partial charge in [0.05, 0.1) is 0 Å². The maximum Gasteiger partial charge on any atom is 0.253 e. The van der Waals surface area contributed by atoms with Crippen LogP contribution in [0.2, 0.25) is 0 Å². The fourth-order valence-corrected chi connectivity index (χ4v) is 0.389. The molecule has 0 aromatic heterocycles. The molecular weight excluding hydrogens is 134 g/mol. The molecule has 5 heteroatoms. The molecule has 0 aromatic rings. The Morgan fingerprint density at radius 2 is 2.20 bits per heavy atom. The summed E-state index contributed by atoms with van der Waals surface area (Å²) < 4.78 is 0. The second-order valence-corrected chi connectivity index (χ2v) is 2.04. The summed E-state index contributed by atoms with van der Waals surface area (Å²) in [5.41, 5.74) is 6.38. The van der Waals surface area contributed by atoms with Crippen LogP contribution in [-0.2, 0) is 9.59 Å². The molecule has 5 nitrogen and oxygen atoms in total. The predicted octanol–water partition coefficient (Wildman–Crippen LogP) is 0.573. The molecule has 1 N–H and O–H groups in total. The summed E-state index contributed by atoms with van der Waals surface area (Å²) >= 11 is 0. The lowest BCUT2D eigenvalue weighted by molar-refractivity contribution is -0.141. The minimum atomic E-state index is -0.468. The van der Waals surface area contributed by atoms with Gasteiger partial charge in [-0.15, -0.1) is 0 Å². The fraction of sp³-hybridized carbons (Fsp3) is 0.600. The Balaban J connectivity index is 4.15. The van der Waals surface area contributed by atoms with Gasteiger partial charge in [0, 0.05) is 5.92 Å². The van der Waals surface area contributed by atoms with Crippen LogP contribution in [0.15, 0.2) is 5.22 Å². The highest BCUT2D eigenvalue weighted by molar-refractivity contribution is 5.86. The molecule has 0 bridgehead atoms. The van der Waals surface area contributed by atoms with Gasteiger partial charge in [0.2, 0.25) is 6.41 Å². The third-order valence-electron chi connectivity index (χ3n) is 0.927. The first kappa shape index (κ1) is 8.74. The number of imide groups is 1. The SMILES string of the molecule is CC(C)C(=O)N(C=O)N=N. The smallest absolute Gasteiger partial charge is 0.253 e. The second kappa shape index (κ2) is 3.71. The highest BCUT2D eigenvalue weighted by Crippen LogP contribution is 1.98. The summed E-state index contributed by atoms with van der Waals surface area (Å²) in [5, 5.41) is 3.16. The maximum absolute atomic E-state index is 10.8. The lowest BCUT2D eigenvalue weighted by atomic mass is 10.2. The molecule has 0 heterocycles. The monoisotopic (exact) mass is 143 g/mol. The van der Waals surface area contributed by atoms with E-state index < -0.39 is 5.91 Å². The summed E-state index contributed by atoms with van der Waals surface area (Å²) in [6.45, 7) is 3.26. The van der Waals surface area contributed by atoms with Crippen LogP contribution in [0.4, 0.5) is 0 Å². The van der Waals surface area contributed by atoms with Gasteiger partial charge >= 0.3 is 0 Å². The molecule has 0 fully saturated rings. The molecule has 0 aliphatic heterocycles. The van der Waals surface area contributed by atoms with Gasteiger partial charge in [0.1, 0.15) is 0 Å². The largest absolute Gasteiger partial charge is 0.276 e. The van der Waals surface area contributed by atoms with Crippen molar-refractivity contribution in [1.82, 2.24) is 5.01 Å². The van der Waals surface area contributed by atoms with Crippen molar-refractivity contribution in [3.05, 3.63) is 0 Å². The van der Waals surface area contributed by atoms with Crippen molar-refractivity contribution >= 4 is 12.3 Å². The summed E-state index contributed by atoms with van der Waals surface area (Å²) in [5.74, 6) is -0.774. The van der Waals surface area contributed by atoms with Gasteiger partial charge in [-0.3, -0.25) is 9.59 Å². The Kier molecular flexibility index (Phi) is 3.24. The Bertz CT molecular complexity index is 147. The number of carbonyl (C=O) groups is 2. The van der Waals surface area contributed by atoms with Gasteiger partial charge in [-0.25, -0.2) is 0 Å². The average Bonchev–Trinajstić information content (AvgIpc) is 1.90. The zero-order valence-corrected chi connectivity index (χ0v) is 5.87. The first-order chi connectivity index (χ1) is 4.63. The molecule has 0 spiro atoms. The van der Waals surface area contributed by atoms with E-state index in [4.69, 9.17) is 5.53 Å². The lowest BCUT2D eigenvalue weighted by Gasteiger charge is -2.07. The number of amides is 2. The quantitative estimate of drug-likeness (QED) is 0.356. The number of nitrogens with one attached hydrogen (secondary N) is 1. The van der Waals surface area contributed by atoms with Crippen LogP contribution in [0.25, 0.3) is 0 Å². The molecule has 0 unspecified atom stereocenters. The highest BCUT2D eigenvalue weighted by atomic mass is 16.2. The van der Waals surface area contributed by atoms with Crippen molar-refractivity contribution in [3.8, 4) is 0 Å². The second-order valence-electron chi connectivity index (χ2n) is 2.04.